The Kier molecular flexibility index (Phi) is 3.60. The third-order valence-electron chi connectivity index (χ3n) is 2.70. The van der Waals surface area contributed by atoms with E-state index < -0.39 is 0 Å². The van der Waals surface area contributed by atoms with Crippen molar-refractivity contribution in [3.63, 3.8) is 0 Å². The maximum atomic E-state index is 5.87. The fraction of sp³-hybridized carbons (Fsp3) is 0.333. The van der Waals surface area contributed by atoms with E-state index in [-0.39, 0.29) is 6.10 Å². The van der Waals surface area contributed by atoms with Gasteiger partial charge in [-0.05, 0) is 39.8 Å². The van der Waals surface area contributed by atoms with Gasteiger partial charge in [0.2, 0.25) is 0 Å². The second kappa shape index (κ2) is 5.17. The minimum Gasteiger partial charge on any atom is -0.490 e. The van der Waals surface area contributed by atoms with E-state index in [0.717, 1.165) is 28.3 Å². The van der Waals surface area contributed by atoms with Crippen molar-refractivity contribution in [2.45, 2.75) is 33.8 Å². The van der Waals surface area contributed by atoms with Gasteiger partial charge in [-0.15, -0.1) is 0 Å². The molecule has 2 heterocycles. The Bertz CT molecular complexity index is 536. The van der Waals surface area contributed by atoms with Gasteiger partial charge in [-0.25, -0.2) is 0 Å². The van der Waals surface area contributed by atoms with Crippen molar-refractivity contribution in [3.05, 3.63) is 41.7 Å². The first-order valence-corrected chi connectivity index (χ1v) is 6.14. The second-order valence-electron chi connectivity index (χ2n) is 4.63. The van der Waals surface area contributed by atoms with Crippen molar-refractivity contribution in [2.75, 3.05) is 0 Å². The molecule has 0 bridgehead atoms. The molecule has 3 heteroatoms. The van der Waals surface area contributed by atoms with E-state index in [1.807, 2.05) is 52.1 Å². The topological polar surface area (TPSA) is 35.0 Å². The van der Waals surface area contributed by atoms with Gasteiger partial charge in [0.05, 0.1) is 17.5 Å². The van der Waals surface area contributed by atoms with Crippen molar-refractivity contribution >= 4 is 0 Å². The molecule has 0 spiro atoms. The molecule has 0 unspecified atom stereocenters. The molecule has 0 fully saturated rings. The van der Waals surface area contributed by atoms with Crippen LogP contribution in [0, 0.1) is 13.8 Å². The van der Waals surface area contributed by atoms with Crippen LogP contribution in [0.5, 0.6) is 5.75 Å². The Morgan fingerprint density at radius 2 is 1.89 bits per heavy atom. The zero-order valence-corrected chi connectivity index (χ0v) is 11.3. The Hall–Kier alpha value is -1.90. The standard InChI is InChI=1S/C15H18N2O/c1-10(2)18-15-11(3)9-17-14(12(15)4)13-7-5-6-8-16-13/h5-10H,1-4H3. The highest BCUT2D eigenvalue weighted by molar-refractivity contribution is 5.63. The summed E-state index contributed by atoms with van der Waals surface area (Å²) in [5.41, 5.74) is 3.86. The molecule has 2 rings (SSSR count). The minimum absolute atomic E-state index is 0.154. The summed E-state index contributed by atoms with van der Waals surface area (Å²) < 4.78 is 5.87. The highest BCUT2D eigenvalue weighted by Gasteiger charge is 2.13. The number of hydrogen-bond acceptors (Lipinski definition) is 3. The Morgan fingerprint density at radius 1 is 1.11 bits per heavy atom. The van der Waals surface area contributed by atoms with Crippen LogP contribution in [0.4, 0.5) is 0 Å². The van der Waals surface area contributed by atoms with E-state index in [9.17, 15) is 0 Å². The van der Waals surface area contributed by atoms with E-state index >= 15 is 0 Å². The first kappa shape index (κ1) is 12.6. The summed E-state index contributed by atoms with van der Waals surface area (Å²) in [6.07, 6.45) is 3.77. The molecule has 0 atom stereocenters. The first-order valence-electron chi connectivity index (χ1n) is 6.14. The zero-order valence-electron chi connectivity index (χ0n) is 11.3. The van der Waals surface area contributed by atoms with Gasteiger partial charge < -0.3 is 4.74 Å². The highest BCUT2D eigenvalue weighted by Crippen LogP contribution is 2.30. The summed E-state index contributed by atoms with van der Waals surface area (Å²) in [7, 11) is 0. The van der Waals surface area contributed by atoms with Gasteiger partial charge in [-0.2, -0.15) is 0 Å². The average Bonchev–Trinajstić information content (AvgIpc) is 2.35. The fourth-order valence-electron chi connectivity index (χ4n) is 1.90. The number of aryl methyl sites for hydroxylation is 1. The summed E-state index contributed by atoms with van der Waals surface area (Å²) >= 11 is 0. The van der Waals surface area contributed by atoms with Gasteiger partial charge in [-0.1, -0.05) is 6.07 Å². The third kappa shape index (κ3) is 2.50. The van der Waals surface area contributed by atoms with Crippen LogP contribution < -0.4 is 4.74 Å². The molecular weight excluding hydrogens is 224 g/mol. The van der Waals surface area contributed by atoms with Gasteiger partial charge in [0.15, 0.2) is 0 Å². The predicted octanol–water partition coefficient (Wildman–Crippen LogP) is 3.55. The number of aromatic nitrogens is 2. The lowest BCUT2D eigenvalue weighted by molar-refractivity contribution is 0.239. The molecule has 0 aliphatic carbocycles. The molecule has 3 nitrogen and oxygen atoms in total. The predicted molar refractivity (Wildman–Crippen MR) is 72.7 cm³/mol. The van der Waals surface area contributed by atoms with Gasteiger partial charge in [-0.3, -0.25) is 9.97 Å². The quantitative estimate of drug-likeness (QED) is 0.825. The van der Waals surface area contributed by atoms with E-state index in [1.54, 1.807) is 6.20 Å². The summed E-state index contributed by atoms with van der Waals surface area (Å²) in [6.45, 7) is 8.10. The molecular formula is C15H18N2O. The Labute approximate surface area is 108 Å². The molecule has 0 aromatic carbocycles. The summed E-state index contributed by atoms with van der Waals surface area (Å²) in [6, 6.07) is 5.83. The maximum absolute atomic E-state index is 5.87. The smallest absolute Gasteiger partial charge is 0.129 e. The highest BCUT2D eigenvalue weighted by atomic mass is 16.5. The lowest BCUT2D eigenvalue weighted by Gasteiger charge is -2.16. The number of rotatable bonds is 3. The van der Waals surface area contributed by atoms with E-state index in [2.05, 4.69) is 9.97 Å². The van der Waals surface area contributed by atoms with Crippen molar-refractivity contribution in [2.24, 2.45) is 0 Å². The van der Waals surface area contributed by atoms with Gasteiger partial charge >= 0.3 is 0 Å². The molecule has 0 aliphatic heterocycles. The van der Waals surface area contributed by atoms with Crippen LogP contribution in [0.25, 0.3) is 11.4 Å². The Morgan fingerprint density at radius 3 is 2.50 bits per heavy atom. The van der Waals surface area contributed by atoms with Crippen LogP contribution in [-0.2, 0) is 0 Å². The van der Waals surface area contributed by atoms with Crippen LogP contribution >= 0.6 is 0 Å². The van der Waals surface area contributed by atoms with E-state index in [0.29, 0.717) is 0 Å². The fourth-order valence-corrected chi connectivity index (χ4v) is 1.90. The maximum Gasteiger partial charge on any atom is 0.129 e. The zero-order chi connectivity index (χ0) is 13.1. The molecule has 2 aromatic heterocycles. The SMILES string of the molecule is Cc1cnc(-c2ccccn2)c(C)c1OC(C)C. The van der Waals surface area contributed by atoms with Gasteiger partial charge in [0.1, 0.15) is 5.75 Å². The van der Waals surface area contributed by atoms with Gasteiger partial charge in [0.25, 0.3) is 0 Å². The monoisotopic (exact) mass is 242 g/mol. The summed E-state index contributed by atoms with van der Waals surface area (Å²) in [4.78, 5) is 8.82. The number of nitrogens with zero attached hydrogens (tertiary/aromatic N) is 2. The first-order chi connectivity index (χ1) is 8.59. The number of hydrogen-bond donors (Lipinski definition) is 0. The van der Waals surface area contributed by atoms with Crippen LogP contribution in [0.2, 0.25) is 0 Å². The van der Waals surface area contributed by atoms with Crippen molar-refractivity contribution in [3.8, 4) is 17.1 Å². The molecule has 0 amide bonds. The van der Waals surface area contributed by atoms with Crippen LogP contribution in [0.1, 0.15) is 25.0 Å². The molecule has 0 saturated heterocycles. The molecule has 0 aliphatic rings. The number of pyridine rings is 2. The average molecular weight is 242 g/mol. The molecule has 2 aromatic rings. The molecule has 0 radical (unpaired) electrons. The summed E-state index contributed by atoms with van der Waals surface area (Å²) in [5, 5.41) is 0. The third-order valence-corrected chi connectivity index (χ3v) is 2.70. The van der Waals surface area contributed by atoms with Crippen LogP contribution in [0.3, 0.4) is 0 Å². The lowest BCUT2D eigenvalue weighted by Crippen LogP contribution is -2.09. The van der Waals surface area contributed by atoms with Crippen molar-refractivity contribution in [1.82, 2.24) is 9.97 Å². The largest absolute Gasteiger partial charge is 0.490 e. The normalized spacial score (nSPS) is 10.7. The molecule has 0 N–H and O–H groups in total. The van der Waals surface area contributed by atoms with Crippen LogP contribution in [-0.4, -0.2) is 16.1 Å². The van der Waals surface area contributed by atoms with Crippen molar-refractivity contribution in [1.29, 1.82) is 0 Å². The van der Waals surface area contributed by atoms with E-state index in [1.165, 1.54) is 0 Å². The Balaban J connectivity index is 2.51. The van der Waals surface area contributed by atoms with Crippen molar-refractivity contribution < 1.29 is 4.74 Å². The molecule has 18 heavy (non-hydrogen) atoms. The second-order valence-corrected chi connectivity index (χ2v) is 4.63. The van der Waals surface area contributed by atoms with E-state index in [4.69, 9.17) is 4.74 Å². The lowest BCUT2D eigenvalue weighted by atomic mass is 10.1. The van der Waals surface area contributed by atoms with Gasteiger partial charge in [0, 0.05) is 23.5 Å². The molecule has 94 valence electrons. The van der Waals surface area contributed by atoms with Crippen LogP contribution in [0.15, 0.2) is 30.6 Å². The number of ether oxygens (including phenoxy) is 1. The summed E-state index contributed by atoms with van der Waals surface area (Å²) in [5.74, 6) is 0.917. The minimum atomic E-state index is 0.154. The molecule has 0 saturated carbocycles.